The molecule has 0 bridgehead atoms. The number of nitro groups is 1. The molecule has 23 heavy (non-hydrogen) atoms. The molecular weight excluding hydrogens is 310 g/mol. The van der Waals surface area contributed by atoms with Gasteiger partial charge in [-0.2, -0.15) is 5.10 Å². The first kappa shape index (κ1) is 15.8. The molecule has 2 rings (SSSR count). The molecule has 1 aromatic carbocycles. The van der Waals surface area contributed by atoms with Gasteiger partial charge in [-0.1, -0.05) is 4.80 Å². The lowest BCUT2D eigenvalue weighted by molar-refractivity contribution is -0.394. The van der Waals surface area contributed by atoms with Crippen molar-refractivity contribution in [3.63, 3.8) is 0 Å². The van der Waals surface area contributed by atoms with Gasteiger partial charge in [0.1, 0.15) is 11.5 Å². The number of phenolic OH excluding ortho intramolecular Hbond substituents is 2. The molecule has 0 atom stereocenters. The van der Waals surface area contributed by atoms with Crippen molar-refractivity contribution < 1.29 is 19.9 Å². The molecule has 2 aromatic rings. The number of tetrazole rings is 1. The third-order valence-electron chi connectivity index (χ3n) is 2.63. The minimum atomic E-state index is -0.830. The van der Waals surface area contributed by atoms with Gasteiger partial charge in [-0.3, -0.25) is 4.79 Å². The van der Waals surface area contributed by atoms with Crippen LogP contribution in [0.2, 0.25) is 0 Å². The van der Waals surface area contributed by atoms with Crippen LogP contribution in [-0.4, -0.2) is 59.5 Å². The molecule has 2 N–H and O–H groups in total. The number of aromatic hydroxyl groups is 2. The zero-order valence-corrected chi connectivity index (χ0v) is 11.8. The van der Waals surface area contributed by atoms with Crippen LogP contribution in [0.3, 0.4) is 0 Å². The average molecular weight is 321 g/mol. The monoisotopic (exact) mass is 321 g/mol. The molecule has 1 heterocycles. The molecule has 120 valence electrons. The third-order valence-corrected chi connectivity index (χ3v) is 2.63. The summed E-state index contributed by atoms with van der Waals surface area (Å²) in [6.45, 7) is -0.393. The Morgan fingerprint density at radius 2 is 2.26 bits per heavy atom. The highest BCUT2D eigenvalue weighted by molar-refractivity contribution is 5.85. The summed E-state index contributed by atoms with van der Waals surface area (Å²) in [5, 5.41) is 43.9. The van der Waals surface area contributed by atoms with Crippen LogP contribution >= 0.6 is 0 Å². The van der Waals surface area contributed by atoms with Crippen molar-refractivity contribution >= 4 is 18.1 Å². The normalized spacial score (nSPS) is 10.8. The number of nitrogens with zero attached hydrogens (tertiary/aromatic N) is 7. The molecule has 12 nitrogen and oxygen atoms in total. The minimum Gasteiger partial charge on any atom is -0.508 e. The molecule has 0 radical (unpaired) electrons. The Kier molecular flexibility index (Phi) is 4.44. The van der Waals surface area contributed by atoms with E-state index in [9.17, 15) is 20.0 Å². The predicted octanol–water partition coefficient (Wildman–Crippen LogP) is -0.515. The smallest absolute Gasteiger partial charge is 0.508 e. The topological polar surface area (TPSA) is 160 Å². The zero-order chi connectivity index (χ0) is 17.0. The van der Waals surface area contributed by atoms with Crippen LogP contribution in [0.25, 0.3) is 0 Å². The second-order valence-corrected chi connectivity index (χ2v) is 4.28. The number of rotatable bonds is 5. The summed E-state index contributed by atoms with van der Waals surface area (Å²) >= 11 is 0. The fraction of sp³-hybridized carbons (Fsp3) is 0.182. The fourth-order valence-corrected chi connectivity index (χ4v) is 1.45. The van der Waals surface area contributed by atoms with Gasteiger partial charge in [0, 0.05) is 23.9 Å². The van der Waals surface area contributed by atoms with Gasteiger partial charge in [0.05, 0.1) is 16.4 Å². The van der Waals surface area contributed by atoms with Crippen LogP contribution in [0, 0.1) is 10.1 Å². The van der Waals surface area contributed by atoms with Gasteiger partial charge in [-0.05, 0) is 17.1 Å². The first-order valence-corrected chi connectivity index (χ1v) is 6.11. The predicted molar refractivity (Wildman–Crippen MR) is 74.6 cm³/mol. The van der Waals surface area contributed by atoms with Gasteiger partial charge in [0.25, 0.3) is 5.91 Å². The van der Waals surface area contributed by atoms with E-state index in [1.165, 1.54) is 25.4 Å². The van der Waals surface area contributed by atoms with E-state index in [0.717, 1.165) is 15.9 Å². The first-order chi connectivity index (χ1) is 10.9. The van der Waals surface area contributed by atoms with Gasteiger partial charge >= 0.3 is 5.95 Å². The molecular formula is C11H11N7O5. The van der Waals surface area contributed by atoms with E-state index in [1.54, 1.807) is 0 Å². The highest BCUT2D eigenvalue weighted by Crippen LogP contribution is 2.20. The molecule has 0 saturated carbocycles. The van der Waals surface area contributed by atoms with E-state index in [4.69, 9.17) is 5.11 Å². The second kappa shape index (κ2) is 6.46. The van der Waals surface area contributed by atoms with Crippen molar-refractivity contribution in [3.8, 4) is 11.5 Å². The molecule has 0 aliphatic carbocycles. The van der Waals surface area contributed by atoms with Crippen molar-refractivity contribution in [1.82, 2.24) is 25.2 Å². The molecule has 0 saturated heterocycles. The van der Waals surface area contributed by atoms with Crippen molar-refractivity contribution in [2.24, 2.45) is 5.10 Å². The standard InChI is InChI=1S/C11H11N7O5/c1-16(12-5-7-2-3-8(19)4-9(7)20)10(21)6-17-14-11(13-15-17)18(22)23/h2-5,19-20H,6H2,1H3/b12-5+. The van der Waals surface area contributed by atoms with Crippen LogP contribution < -0.4 is 0 Å². The molecule has 0 spiro atoms. The Morgan fingerprint density at radius 1 is 1.52 bits per heavy atom. The maximum atomic E-state index is 11.9. The molecule has 0 fully saturated rings. The fourth-order valence-electron chi connectivity index (χ4n) is 1.45. The largest absolute Gasteiger partial charge is 0.514 e. The second-order valence-electron chi connectivity index (χ2n) is 4.28. The Bertz CT molecular complexity index is 772. The zero-order valence-electron chi connectivity index (χ0n) is 11.8. The molecule has 12 heteroatoms. The van der Waals surface area contributed by atoms with Gasteiger partial charge in [0.15, 0.2) is 6.54 Å². The average Bonchev–Trinajstić information content (AvgIpc) is 2.94. The Hall–Kier alpha value is -3.57. The summed E-state index contributed by atoms with van der Waals surface area (Å²) in [4.78, 5) is 22.2. The summed E-state index contributed by atoms with van der Waals surface area (Å²) in [5.74, 6) is -1.59. The first-order valence-electron chi connectivity index (χ1n) is 6.11. The molecule has 0 aliphatic rings. The number of hydrazone groups is 1. The third kappa shape index (κ3) is 3.96. The van der Waals surface area contributed by atoms with E-state index in [1.807, 2.05) is 0 Å². The highest BCUT2D eigenvalue weighted by Gasteiger charge is 2.18. The van der Waals surface area contributed by atoms with Crippen molar-refractivity contribution in [1.29, 1.82) is 0 Å². The quantitative estimate of drug-likeness (QED) is 0.422. The number of carbonyl (C=O) groups excluding carboxylic acids is 1. The number of benzene rings is 1. The lowest BCUT2D eigenvalue weighted by Crippen LogP contribution is -2.27. The maximum Gasteiger partial charge on any atom is 0.514 e. The number of hydrogen-bond donors (Lipinski definition) is 2. The number of hydrogen-bond acceptors (Lipinski definition) is 9. The molecule has 0 aliphatic heterocycles. The highest BCUT2D eigenvalue weighted by atomic mass is 16.6. The van der Waals surface area contributed by atoms with Crippen LogP contribution in [0.1, 0.15) is 5.56 Å². The summed E-state index contributed by atoms with van der Waals surface area (Å²) in [7, 11) is 1.35. The summed E-state index contributed by atoms with van der Waals surface area (Å²) < 4.78 is 0. The van der Waals surface area contributed by atoms with Gasteiger partial charge < -0.3 is 20.3 Å². The summed E-state index contributed by atoms with van der Waals surface area (Å²) in [6.07, 6.45) is 1.21. The van der Waals surface area contributed by atoms with Gasteiger partial charge in [0.2, 0.25) is 0 Å². The molecule has 1 aromatic heterocycles. The van der Waals surface area contributed by atoms with E-state index < -0.39 is 23.3 Å². The van der Waals surface area contributed by atoms with Crippen molar-refractivity contribution in [3.05, 3.63) is 33.9 Å². The Morgan fingerprint density at radius 3 is 2.87 bits per heavy atom. The summed E-state index contributed by atoms with van der Waals surface area (Å²) in [6, 6.07) is 3.89. The Labute approximate surface area is 128 Å². The number of carbonyl (C=O) groups is 1. The SMILES string of the molecule is CN(/N=C/c1ccc(O)cc1O)C(=O)Cn1nnc([N+](=O)[O-])n1. The lowest BCUT2D eigenvalue weighted by atomic mass is 10.2. The number of phenols is 2. The van der Waals surface area contributed by atoms with E-state index >= 15 is 0 Å². The number of aromatic nitrogens is 4. The van der Waals surface area contributed by atoms with Crippen LogP contribution in [0.4, 0.5) is 5.95 Å². The van der Waals surface area contributed by atoms with Crippen LogP contribution in [0.15, 0.2) is 23.3 Å². The van der Waals surface area contributed by atoms with E-state index in [-0.39, 0.29) is 17.1 Å². The van der Waals surface area contributed by atoms with Gasteiger partial charge in [-0.25, -0.2) is 5.01 Å². The van der Waals surface area contributed by atoms with E-state index in [0.29, 0.717) is 0 Å². The molecule has 1 amide bonds. The van der Waals surface area contributed by atoms with Gasteiger partial charge in [-0.15, -0.1) is 0 Å². The van der Waals surface area contributed by atoms with Crippen molar-refractivity contribution in [2.45, 2.75) is 6.54 Å². The maximum absolute atomic E-state index is 11.9. The van der Waals surface area contributed by atoms with Crippen LogP contribution in [-0.2, 0) is 11.3 Å². The Balaban J connectivity index is 2.01. The summed E-state index contributed by atoms with van der Waals surface area (Å²) in [5.41, 5.74) is 0.289. The van der Waals surface area contributed by atoms with Crippen molar-refractivity contribution in [2.75, 3.05) is 7.05 Å². The van der Waals surface area contributed by atoms with E-state index in [2.05, 4.69) is 20.5 Å². The minimum absolute atomic E-state index is 0.108. The molecule has 0 unspecified atom stereocenters. The van der Waals surface area contributed by atoms with Crippen LogP contribution in [0.5, 0.6) is 11.5 Å². The lowest BCUT2D eigenvalue weighted by Gasteiger charge is -2.09. The number of amides is 1. The number of likely N-dealkylation sites (N-methyl/N-ethyl adjacent to an activating group) is 1.